The molecule has 0 aromatic heterocycles. The second kappa shape index (κ2) is 2.88. The SMILES string of the molecule is CCS(=O)(=O)OC(C)(C)C. The van der Waals surface area contributed by atoms with Crippen LogP contribution in [-0.2, 0) is 14.3 Å². The minimum Gasteiger partial charge on any atom is -0.264 e. The van der Waals surface area contributed by atoms with E-state index in [4.69, 9.17) is 4.18 Å². The molecular formula is C6H14O3S. The van der Waals surface area contributed by atoms with Gasteiger partial charge in [-0.15, -0.1) is 0 Å². The number of hydrogen-bond acceptors (Lipinski definition) is 3. The first-order valence-corrected chi connectivity index (χ1v) is 4.78. The van der Waals surface area contributed by atoms with Crippen LogP contribution in [0, 0.1) is 0 Å². The zero-order chi connectivity index (χ0) is 8.41. The van der Waals surface area contributed by atoms with Crippen molar-refractivity contribution in [2.45, 2.75) is 33.3 Å². The molecule has 0 fully saturated rings. The number of rotatable bonds is 2. The second-order valence-electron chi connectivity index (χ2n) is 3.04. The zero-order valence-electron chi connectivity index (χ0n) is 6.84. The Hall–Kier alpha value is -0.0900. The molecule has 62 valence electrons. The van der Waals surface area contributed by atoms with Crippen LogP contribution in [0.5, 0.6) is 0 Å². The Morgan fingerprint density at radius 1 is 1.30 bits per heavy atom. The van der Waals surface area contributed by atoms with Crippen molar-refractivity contribution in [3.63, 3.8) is 0 Å². The molecule has 0 saturated heterocycles. The van der Waals surface area contributed by atoms with Gasteiger partial charge in [0.15, 0.2) is 0 Å². The summed E-state index contributed by atoms with van der Waals surface area (Å²) in [6.07, 6.45) is 0. The lowest BCUT2D eigenvalue weighted by Crippen LogP contribution is -2.24. The highest BCUT2D eigenvalue weighted by molar-refractivity contribution is 7.86. The van der Waals surface area contributed by atoms with E-state index in [2.05, 4.69) is 0 Å². The Bertz CT molecular complexity index is 186. The van der Waals surface area contributed by atoms with Crippen LogP contribution < -0.4 is 0 Å². The van der Waals surface area contributed by atoms with Gasteiger partial charge in [-0.3, -0.25) is 4.18 Å². The fraction of sp³-hybridized carbons (Fsp3) is 1.00. The van der Waals surface area contributed by atoms with Gasteiger partial charge in [-0.25, -0.2) is 0 Å². The first-order valence-electron chi connectivity index (χ1n) is 3.20. The van der Waals surface area contributed by atoms with Crippen LogP contribution in [0.25, 0.3) is 0 Å². The third-order valence-electron chi connectivity index (χ3n) is 0.731. The van der Waals surface area contributed by atoms with Crippen molar-refractivity contribution >= 4 is 10.1 Å². The van der Waals surface area contributed by atoms with E-state index in [1.54, 1.807) is 27.7 Å². The highest BCUT2D eigenvalue weighted by Crippen LogP contribution is 2.11. The lowest BCUT2D eigenvalue weighted by atomic mass is 10.2. The Balaban J connectivity index is 4.18. The smallest absolute Gasteiger partial charge is 0.264 e. The van der Waals surface area contributed by atoms with E-state index in [1.165, 1.54) is 0 Å². The summed E-state index contributed by atoms with van der Waals surface area (Å²) >= 11 is 0. The lowest BCUT2D eigenvalue weighted by Gasteiger charge is -2.17. The molecule has 0 rings (SSSR count). The standard InChI is InChI=1S/C6H14O3S/c1-5-10(7,8)9-6(2,3)4/h5H2,1-4H3. The predicted molar refractivity (Wildman–Crippen MR) is 40.3 cm³/mol. The molecule has 0 aliphatic carbocycles. The first kappa shape index (κ1) is 9.91. The highest BCUT2D eigenvalue weighted by atomic mass is 32.2. The minimum atomic E-state index is -3.28. The summed E-state index contributed by atoms with van der Waals surface area (Å²) in [6, 6.07) is 0. The summed E-state index contributed by atoms with van der Waals surface area (Å²) in [6.45, 7) is 6.68. The van der Waals surface area contributed by atoms with E-state index >= 15 is 0 Å². The lowest BCUT2D eigenvalue weighted by molar-refractivity contribution is 0.140. The summed E-state index contributed by atoms with van der Waals surface area (Å²) < 4.78 is 26.3. The van der Waals surface area contributed by atoms with Gasteiger partial charge in [-0.05, 0) is 27.7 Å². The predicted octanol–water partition coefficient (Wildman–Crippen LogP) is 1.15. The Kier molecular flexibility index (Phi) is 2.86. The molecule has 0 amide bonds. The summed E-state index contributed by atoms with van der Waals surface area (Å²) in [7, 11) is -3.28. The molecule has 0 spiro atoms. The maximum absolute atomic E-state index is 10.8. The van der Waals surface area contributed by atoms with Crippen molar-refractivity contribution in [3.05, 3.63) is 0 Å². The van der Waals surface area contributed by atoms with Gasteiger partial charge in [0.05, 0.1) is 11.4 Å². The summed E-state index contributed by atoms with van der Waals surface area (Å²) in [5.74, 6) is 0.0320. The summed E-state index contributed by atoms with van der Waals surface area (Å²) in [4.78, 5) is 0. The average Bonchev–Trinajstić information content (AvgIpc) is 1.60. The van der Waals surface area contributed by atoms with E-state index in [-0.39, 0.29) is 5.75 Å². The molecule has 10 heavy (non-hydrogen) atoms. The second-order valence-corrected chi connectivity index (χ2v) is 4.90. The number of hydrogen-bond donors (Lipinski definition) is 0. The van der Waals surface area contributed by atoms with E-state index < -0.39 is 15.7 Å². The van der Waals surface area contributed by atoms with Crippen LogP contribution in [0.2, 0.25) is 0 Å². The molecule has 0 atom stereocenters. The maximum Gasteiger partial charge on any atom is 0.267 e. The van der Waals surface area contributed by atoms with Gasteiger partial charge in [0, 0.05) is 0 Å². The molecule has 0 bridgehead atoms. The first-order chi connectivity index (χ1) is 4.27. The average molecular weight is 166 g/mol. The van der Waals surface area contributed by atoms with Gasteiger partial charge < -0.3 is 0 Å². The minimum absolute atomic E-state index is 0.0320. The third kappa shape index (κ3) is 4.76. The molecule has 3 nitrogen and oxygen atoms in total. The zero-order valence-corrected chi connectivity index (χ0v) is 7.66. The van der Waals surface area contributed by atoms with Crippen LogP contribution in [0.1, 0.15) is 27.7 Å². The van der Waals surface area contributed by atoms with Crippen molar-refractivity contribution in [2.75, 3.05) is 5.75 Å². The van der Waals surface area contributed by atoms with Crippen molar-refractivity contribution in [1.29, 1.82) is 0 Å². The topological polar surface area (TPSA) is 43.4 Å². The molecule has 0 heterocycles. The maximum atomic E-state index is 10.8. The molecular weight excluding hydrogens is 152 g/mol. The highest BCUT2D eigenvalue weighted by Gasteiger charge is 2.19. The third-order valence-corrected chi connectivity index (χ3v) is 2.19. The van der Waals surface area contributed by atoms with Gasteiger partial charge in [0.25, 0.3) is 10.1 Å². The summed E-state index contributed by atoms with van der Waals surface area (Å²) in [5.41, 5.74) is -0.602. The van der Waals surface area contributed by atoms with Crippen molar-refractivity contribution < 1.29 is 12.6 Å². The van der Waals surface area contributed by atoms with Crippen LogP contribution in [0.4, 0.5) is 0 Å². The molecule has 0 unspecified atom stereocenters. The quantitative estimate of drug-likeness (QED) is 0.578. The molecule has 0 saturated carbocycles. The molecule has 0 N–H and O–H groups in total. The van der Waals surface area contributed by atoms with Gasteiger partial charge in [0.2, 0.25) is 0 Å². The fourth-order valence-corrected chi connectivity index (χ4v) is 1.32. The van der Waals surface area contributed by atoms with E-state index in [0.29, 0.717) is 0 Å². The van der Waals surface area contributed by atoms with Crippen LogP contribution in [0.15, 0.2) is 0 Å². The van der Waals surface area contributed by atoms with Gasteiger partial charge in [0.1, 0.15) is 0 Å². The normalized spacial score (nSPS) is 13.6. The largest absolute Gasteiger partial charge is 0.267 e. The van der Waals surface area contributed by atoms with Crippen LogP contribution in [-0.4, -0.2) is 19.8 Å². The van der Waals surface area contributed by atoms with Crippen LogP contribution >= 0.6 is 0 Å². The molecule has 0 aromatic carbocycles. The fourth-order valence-electron chi connectivity index (χ4n) is 0.440. The molecule has 4 heteroatoms. The Morgan fingerprint density at radius 2 is 1.70 bits per heavy atom. The van der Waals surface area contributed by atoms with Crippen molar-refractivity contribution in [1.82, 2.24) is 0 Å². The van der Waals surface area contributed by atoms with Crippen LogP contribution in [0.3, 0.4) is 0 Å². The van der Waals surface area contributed by atoms with Crippen molar-refractivity contribution in [3.8, 4) is 0 Å². The Labute approximate surface area is 62.5 Å². The van der Waals surface area contributed by atoms with Crippen molar-refractivity contribution in [2.24, 2.45) is 0 Å². The van der Waals surface area contributed by atoms with Gasteiger partial charge in [-0.1, -0.05) is 0 Å². The van der Waals surface area contributed by atoms with E-state index in [1.807, 2.05) is 0 Å². The molecule has 0 aliphatic rings. The van der Waals surface area contributed by atoms with E-state index in [0.717, 1.165) is 0 Å². The van der Waals surface area contributed by atoms with E-state index in [9.17, 15) is 8.42 Å². The monoisotopic (exact) mass is 166 g/mol. The molecule has 0 radical (unpaired) electrons. The Morgan fingerprint density at radius 3 is 1.80 bits per heavy atom. The van der Waals surface area contributed by atoms with Gasteiger partial charge >= 0.3 is 0 Å². The van der Waals surface area contributed by atoms with Gasteiger partial charge in [-0.2, -0.15) is 8.42 Å². The molecule has 0 aliphatic heterocycles. The summed E-state index contributed by atoms with van der Waals surface area (Å²) in [5, 5.41) is 0. The molecule has 0 aromatic rings.